The van der Waals surface area contributed by atoms with Gasteiger partial charge in [0.2, 0.25) is 0 Å². The third-order valence-electron chi connectivity index (χ3n) is 3.11. The lowest BCUT2D eigenvalue weighted by atomic mass is 10.1. The summed E-state index contributed by atoms with van der Waals surface area (Å²) >= 11 is 5.86. The molecule has 2 nitrogen and oxygen atoms in total. The van der Waals surface area contributed by atoms with Gasteiger partial charge in [0.1, 0.15) is 0 Å². The summed E-state index contributed by atoms with van der Waals surface area (Å²) in [6.45, 7) is 5.03. The van der Waals surface area contributed by atoms with Crippen LogP contribution in [0.4, 0.5) is 0 Å². The number of hydrogen-bond donors (Lipinski definition) is 1. The number of hydrogen-bond acceptors (Lipinski definition) is 2. The monoisotopic (exact) mass is 239 g/mol. The maximum absolute atomic E-state index is 5.86. The first-order valence-electron chi connectivity index (χ1n) is 5.82. The molecule has 16 heavy (non-hydrogen) atoms. The summed E-state index contributed by atoms with van der Waals surface area (Å²) in [6.07, 6.45) is 1.18. The molecule has 0 bridgehead atoms. The van der Waals surface area contributed by atoms with E-state index in [4.69, 9.17) is 16.3 Å². The van der Waals surface area contributed by atoms with Gasteiger partial charge >= 0.3 is 0 Å². The molecule has 1 aromatic carbocycles. The summed E-state index contributed by atoms with van der Waals surface area (Å²) in [5.41, 5.74) is 1.28. The second kappa shape index (κ2) is 5.67. The second-order valence-corrected chi connectivity index (χ2v) is 4.85. The number of halogens is 1. The van der Waals surface area contributed by atoms with Crippen LogP contribution in [0.25, 0.3) is 0 Å². The number of rotatable bonds is 4. The first-order chi connectivity index (χ1) is 7.75. The molecule has 1 fully saturated rings. The van der Waals surface area contributed by atoms with Crippen molar-refractivity contribution in [2.75, 3.05) is 19.8 Å². The molecular formula is C13H18ClNO. The fourth-order valence-electron chi connectivity index (χ4n) is 1.96. The van der Waals surface area contributed by atoms with Gasteiger partial charge in [-0.15, -0.1) is 0 Å². The average molecular weight is 240 g/mol. The first kappa shape index (κ1) is 11.9. The molecular weight excluding hydrogens is 222 g/mol. The second-order valence-electron chi connectivity index (χ2n) is 4.41. The van der Waals surface area contributed by atoms with Crippen LogP contribution in [0, 0.1) is 5.92 Å². The van der Waals surface area contributed by atoms with Crippen molar-refractivity contribution in [1.82, 2.24) is 5.32 Å². The first-order valence-corrected chi connectivity index (χ1v) is 6.20. The molecule has 88 valence electrons. The molecule has 1 aliphatic rings. The van der Waals surface area contributed by atoms with Crippen molar-refractivity contribution in [2.24, 2.45) is 5.92 Å². The molecule has 1 N–H and O–H groups in total. The summed E-state index contributed by atoms with van der Waals surface area (Å²) < 4.78 is 5.35. The number of ether oxygens (including phenoxy) is 1. The Morgan fingerprint density at radius 2 is 2.19 bits per heavy atom. The Bertz CT molecular complexity index is 319. The van der Waals surface area contributed by atoms with E-state index in [-0.39, 0.29) is 0 Å². The van der Waals surface area contributed by atoms with Crippen LogP contribution in [-0.4, -0.2) is 19.8 Å². The van der Waals surface area contributed by atoms with Crippen LogP contribution in [0.1, 0.15) is 24.9 Å². The molecule has 0 aromatic heterocycles. The zero-order valence-electron chi connectivity index (χ0n) is 9.58. The highest BCUT2D eigenvalue weighted by atomic mass is 35.5. The smallest absolute Gasteiger partial charge is 0.0507 e. The molecule has 1 saturated heterocycles. The van der Waals surface area contributed by atoms with Gasteiger partial charge in [-0.25, -0.2) is 0 Å². The maximum atomic E-state index is 5.86. The third kappa shape index (κ3) is 3.21. The number of nitrogens with one attached hydrogen (secondary N) is 1. The van der Waals surface area contributed by atoms with Gasteiger partial charge in [-0.1, -0.05) is 23.7 Å². The quantitative estimate of drug-likeness (QED) is 0.872. The summed E-state index contributed by atoms with van der Waals surface area (Å²) in [4.78, 5) is 0. The molecule has 3 heteroatoms. The van der Waals surface area contributed by atoms with Crippen LogP contribution >= 0.6 is 11.6 Å². The molecule has 0 aliphatic carbocycles. The Kier molecular flexibility index (Phi) is 4.22. The van der Waals surface area contributed by atoms with Gasteiger partial charge in [-0.3, -0.25) is 0 Å². The Morgan fingerprint density at radius 3 is 2.81 bits per heavy atom. The van der Waals surface area contributed by atoms with Gasteiger partial charge in [0.15, 0.2) is 0 Å². The normalized spacial score (nSPS) is 22.2. The molecule has 1 aromatic rings. The standard InChI is InChI=1S/C13H18ClNO/c1-10(12-2-4-13(14)5-3-12)15-8-11-6-7-16-9-11/h2-5,10-11,15H,6-9H2,1H3/t10-,11?/m0/s1. The molecule has 0 radical (unpaired) electrons. The highest BCUT2D eigenvalue weighted by Gasteiger charge is 2.16. The van der Waals surface area contributed by atoms with Crippen LogP contribution in [-0.2, 0) is 4.74 Å². The molecule has 2 rings (SSSR count). The van der Waals surface area contributed by atoms with Gasteiger partial charge < -0.3 is 10.1 Å². The zero-order chi connectivity index (χ0) is 11.4. The van der Waals surface area contributed by atoms with E-state index in [0.29, 0.717) is 12.0 Å². The molecule has 0 amide bonds. The predicted octanol–water partition coefficient (Wildman–Crippen LogP) is 3.03. The van der Waals surface area contributed by atoms with Crippen molar-refractivity contribution < 1.29 is 4.74 Å². The van der Waals surface area contributed by atoms with Crippen LogP contribution in [0.5, 0.6) is 0 Å². The van der Waals surface area contributed by atoms with Gasteiger partial charge in [-0.05, 0) is 37.0 Å². The SMILES string of the molecule is C[C@H](NCC1CCOC1)c1ccc(Cl)cc1. The summed E-state index contributed by atoms with van der Waals surface area (Å²) in [7, 11) is 0. The zero-order valence-corrected chi connectivity index (χ0v) is 10.3. The lowest BCUT2D eigenvalue weighted by Crippen LogP contribution is -2.25. The van der Waals surface area contributed by atoms with Crippen molar-refractivity contribution in [2.45, 2.75) is 19.4 Å². The summed E-state index contributed by atoms with van der Waals surface area (Å²) in [6, 6.07) is 8.40. The molecule has 0 saturated carbocycles. The van der Waals surface area contributed by atoms with Crippen molar-refractivity contribution in [3.8, 4) is 0 Å². The molecule has 0 spiro atoms. The van der Waals surface area contributed by atoms with Crippen LogP contribution in [0.2, 0.25) is 5.02 Å². The largest absolute Gasteiger partial charge is 0.381 e. The van der Waals surface area contributed by atoms with Crippen molar-refractivity contribution in [1.29, 1.82) is 0 Å². The van der Waals surface area contributed by atoms with Gasteiger partial charge in [0.25, 0.3) is 0 Å². The fraction of sp³-hybridized carbons (Fsp3) is 0.538. The van der Waals surface area contributed by atoms with E-state index >= 15 is 0 Å². The predicted molar refractivity (Wildman–Crippen MR) is 66.8 cm³/mol. The van der Waals surface area contributed by atoms with Gasteiger partial charge in [0, 0.05) is 24.2 Å². The Hall–Kier alpha value is -0.570. The minimum Gasteiger partial charge on any atom is -0.381 e. The van der Waals surface area contributed by atoms with Crippen molar-refractivity contribution >= 4 is 11.6 Å². The Balaban J connectivity index is 1.82. The molecule has 2 atom stereocenters. The number of benzene rings is 1. The highest BCUT2D eigenvalue weighted by Crippen LogP contribution is 2.17. The van der Waals surface area contributed by atoms with Crippen molar-refractivity contribution in [3.05, 3.63) is 34.9 Å². The Morgan fingerprint density at radius 1 is 1.44 bits per heavy atom. The minimum atomic E-state index is 0.373. The minimum absolute atomic E-state index is 0.373. The fourth-order valence-corrected chi connectivity index (χ4v) is 2.08. The van der Waals surface area contributed by atoms with Gasteiger partial charge in [-0.2, -0.15) is 0 Å². The van der Waals surface area contributed by atoms with E-state index in [1.54, 1.807) is 0 Å². The molecule has 1 unspecified atom stereocenters. The third-order valence-corrected chi connectivity index (χ3v) is 3.36. The topological polar surface area (TPSA) is 21.3 Å². The average Bonchev–Trinajstić information content (AvgIpc) is 2.80. The van der Waals surface area contributed by atoms with E-state index in [1.807, 2.05) is 12.1 Å². The molecule has 1 aliphatic heterocycles. The van der Waals surface area contributed by atoms with E-state index < -0.39 is 0 Å². The summed E-state index contributed by atoms with van der Waals surface area (Å²) in [5.74, 6) is 0.676. The highest BCUT2D eigenvalue weighted by molar-refractivity contribution is 6.30. The Labute approximate surface area is 102 Å². The maximum Gasteiger partial charge on any atom is 0.0507 e. The van der Waals surface area contributed by atoms with E-state index in [0.717, 1.165) is 24.8 Å². The summed E-state index contributed by atoms with van der Waals surface area (Å²) in [5, 5.41) is 4.33. The lowest BCUT2D eigenvalue weighted by Gasteiger charge is -2.16. The van der Waals surface area contributed by atoms with Gasteiger partial charge in [0.05, 0.1) is 6.61 Å². The van der Waals surface area contributed by atoms with E-state index in [2.05, 4.69) is 24.4 Å². The lowest BCUT2D eigenvalue weighted by molar-refractivity contribution is 0.184. The van der Waals surface area contributed by atoms with Crippen LogP contribution < -0.4 is 5.32 Å². The van der Waals surface area contributed by atoms with Crippen LogP contribution in [0.15, 0.2) is 24.3 Å². The van der Waals surface area contributed by atoms with E-state index in [1.165, 1.54) is 12.0 Å². The molecule has 1 heterocycles. The van der Waals surface area contributed by atoms with Crippen molar-refractivity contribution in [3.63, 3.8) is 0 Å². The van der Waals surface area contributed by atoms with E-state index in [9.17, 15) is 0 Å². The van der Waals surface area contributed by atoms with Crippen LogP contribution in [0.3, 0.4) is 0 Å².